The van der Waals surface area contributed by atoms with E-state index in [0.29, 0.717) is 5.92 Å². The van der Waals surface area contributed by atoms with Gasteiger partial charge in [-0.15, -0.1) is 11.3 Å². The average molecular weight is 358 g/mol. The average Bonchev–Trinajstić information content (AvgIpc) is 3.14. The fraction of sp³-hybridized carbons (Fsp3) is 0.500. The third-order valence-corrected chi connectivity index (χ3v) is 5.61. The zero-order valence-corrected chi connectivity index (χ0v) is 16.1. The molecule has 1 aromatic carbocycles. The summed E-state index contributed by atoms with van der Waals surface area (Å²) in [6.07, 6.45) is 4.16. The van der Waals surface area contributed by atoms with Gasteiger partial charge in [0, 0.05) is 36.8 Å². The van der Waals surface area contributed by atoms with Crippen LogP contribution in [0.25, 0.3) is 0 Å². The van der Waals surface area contributed by atoms with Crippen LogP contribution in [0.1, 0.15) is 49.5 Å². The summed E-state index contributed by atoms with van der Waals surface area (Å²) < 4.78 is 0. The molecule has 5 heteroatoms. The highest BCUT2D eigenvalue weighted by molar-refractivity contribution is 7.13. The van der Waals surface area contributed by atoms with Gasteiger partial charge in [-0.25, -0.2) is 4.98 Å². The van der Waals surface area contributed by atoms with Crippen molar-refractivity contribution in [2.24, 2.45) is 5.92 Å². The Morgan fingerprint density at radius 3 is 2.72 bits per heavy atom. The molecule has 0 spiro atoms. The van der Waals surface area contributed by atoms with Gasteiger partial charge in [-0.1, -0.05) is 32.9 Å². The van der Waals surface area contributed by atoms with Gasteiger partial charge < -0.3 is 10.2 Å². The number of hydrogen-bond acceptors (Lipinski definition) is 4. The third-order valence-electron chi connectivity index (χ3n) is 4.77. The van der Waals surface area contributed by atoms with Crippen molar-refractivity contribution < 1.29 is 4.79 Å². The number of rotatable bonds is 4. The number of carbonyl (C=O) groups is 1. The molecule has 4 nitrogen and oxygen atoms in total. The number of nitrogens with one attached hydrogen (secondary N) is 1. The van der Waals surface area contributed by atoms with Crippen LogP contribution in [0, 0.1) is 5.92 Å². The molecule has 1 amide bonds. The Morgan fingerprint density at radius 1 is 1.32 bits per heavy atom. The molecule has 1 fully saturated rings. The highest BCUT2D eigenvalue weighted by Crippen LogP contribution is 2.25. The van der Waals surface area contributed by atoms with Crippen LogP contribution in [-0.2, 0) is 5.41 Å². The molecule has 134 valence electrons. The summed E-state index contributed by atoms with van der Waals surface area (Å²) in [6.45, 7) is 9.29. The molecule has 1 atom stereocenters. The van der Waals surface area contributed by atoms with E-state index in [4.69, 9.17) is 0 Å². The van der Waals surface area contributed by atoms with E-state index in [1.165, 1.54) is 5.56 Å². The number of piperidine rings is 1. The Kier molecular flexibility index (Phi) is 5.42. The summed E-state index contributed by atoms with van der Waals surface area (Å²) in [5.41, 5.74) is 2.09. The summed E-state index contributed by atoms with van der Waals surface area (Å²) >= 11 is 1.68. The second-order valence-electron chi connectivity index (χ2n) is 7.81. The van der Waals surface area contributed by atoms with Crippen molar-refractivity contribution in [3.05, 3.63) is 47.0 Å². The second kappa shape index (κ2) is 7.56. The standard InChI is InChI=1S/C20H27N3OS/c1-20(2,3)17-8-6-16(7-9-17)18(24)22-13-15-5-4-11-23(14-15)19-21-10-12-25-19/h6-10,12,15H,4-5,11,13-14H2,1-3H3,(H,22,24). The normalized spacial score (nSPS) is 18.2. The van der Waals surface area contributed by atoms with Crippen molar-refractivity contribution >= 4 is 22.4 Å². The lowest BCUT2D eigenvalue weighted by atomic mass is 9.86. The van der Waals surface area contributed by atoms with Gasteiger partial charge in [0.1, 0.15) is 0 Å². The lowest BCUT2D eigenvalue weighted by Crippen LogP contribution is -2.41. The Hall–Kier alpha value is -1.88. The van der Waals surface area contributed by atoms with Crippen molar-refractivity contribution in [3.63, 3.8) is 0 Å². The molecule has 1 saturated heterocycles. The Morgan fingerprint density at radius 2 is 2.08 bits per heavy atom. The van der Waals surface area contributed by atoms with Gasteiger partial charge in [-0.05, 0) is 41.9 Å². The van der Waals surface area contributed by atoms with Crippen molar-refractivity contribution in [2.45, 2.75) is 39.0 Å². The summed E-state index contributed by atoms with van der Waals surface area (Å²) in [7, 11) is 0. The molecule has 0 aliphatic carbocycles. The molecule has 0 bridgehead atoms. The summed E-state index contributed by atoms with van der Waals surface area (Å²) in [4.78, 5) is 19.2. The lowest BCUT2D eigenvalue weighted by Gasteiger charge is -2.32. The number of benzene rings is 1. The van der Waals surface area contributed by atoms with E-state index in [9.17, 15) is 4.79 Å². The highest BCUT2D eigenvalue weighted by atomic mass is 32.1. The Balaban J connectivity index is 1.53. The quantitative estimate of drug-likeness (QED) is 0.896. The number of amides is 1. The lowest BCUT2D eigenvalue weighted by molar-refractivity contribution is 0.0945. The van der Waals surface area contributed by atoms with Crippen LogP contribution in [0.15, 0.2) is 35.8 Å². The minimum absolute atomic E-state index is 0.0202. The van der Waals surface area contributed by atoms with E-state index in [1.807, 2.05) is 23.7 Å². The molecule has 0 saturated carbocycles. The number of thiazole rings is 1. The minimum atomic E-state index is 0.0202. The maximum atomic E-state index is 12.4. The second-order valence-corrected chi connectivity index (χ2v) is 8.68. The minimum Gasteiger partial charge on any atom is -0.352 e. The highest BCUT2D eigenvalue weighted by Gasteiger charge is 2.22. The Labute approximate surface area is 154 Å². The predicted octanol–water partition coefficient (Wildman–Crippen LogP) is 4.09. The van der Waals surface area contributed by atoms with E-state index < -0.39 is 0 Å². The maximum absolute atomic E-state index is 12.4. The fourth-order valence-electron chi connectivity index (χ4n) is 3.24. The number of anilines is 1. The first-order chi connectivity index (χ1) is 11.9. The largest absolute Gasteiger partial charge is 0.352 e. The number of carbonyl (C=O) groups excluding carboxylic acids is 1. The molecule has 25 heavy (non-hydrogen) atoms. The van der Waals surface area contributed by atoms with Gasteiger partial charge in [0.05, 0.1) is 0 Å². The van der Waals surface area contributed by atoms with Gasteiger partial charge in [0.25, 0.3) is 5.91 Å². The van der Waals surface area contributed by atoms with Crippen molar-refractivity contribution in [2.75, 3.05) is 24.5 Å². The molecule has 0 radical (unpaired) electrons. The number of aromatic nitrogens is 1. The van der Waals surface area contributed by atoms with Crippen molar-refractivity contribution in [1.29, 1.82) is 0 Å². The first kappa shape index (κ1) is 17.9. The third kappa shape index (κ3) is 4.60. The van der Waals surface area contributed by atoms with E-state index in [-0.39, 0.29) is 11.3 Å². The van der Waals surface area contributed by atoms with Gasteiger partial charge >= 0.3 is 0 Å². The summed E-state index contributed by atoms with van der Waals surface area (Å²) in [5, 5.41) is 6.22. The topological polar surface area (TPSA) is 45.2 Å². The molecule has 1 N–H and O–H groups in total. The van der Waals surface area contributed by atoms with Gasteiger partial charge in [0.2, 0.25) is 0 Å². The zero-order valence-electron chi connectivity index (χ0n) is 15.3. The smallest absolute Gasteiger partial charge is 0.251 e. The van der Waals surface area contributed by atoms with E-state index in [0.717, 1.165) is 43.2 Å². The maximum Gasteiger partial charge on any atom is 0.251 e. The molecule has 3 rings (SSSR count). The summed E-state index contributed by atoms with van der Waals surface area (Å²) in [5.74, 6) is 0.502. The van der Waals surface area contributed by atoms with Crippen LogP contribution in [0.2, 0.25) is 0 Å². The van der Waals surface area contributed by atoms with Crippen LogP contribution >= 0.6 is 11.3 Å². The fourth-order valence-corrected chi connectivity index (χ4v) is 3.92. The molecule has 1 unspecified atom stereocenters. The first-order valence-corrected chi connectivity index (χ1v) is 9.84. The van der Waals surface area contributed by atoms with Gasteiger partial charge in [0.15, 0.2) is 5.13 Å². The number of hydrogen-bond donors (Lipinski definition) is 1. The molecular formula is C20H27N3OS. The molecule has 1 aliphatic heterocycles. The predicted molar refractivity (Wildman–Crippen MR) is 105 cm³/mol. The van der Waals surface area contributed by atoms with E-state index in [1.54, 1.807) is 11.3 Å². The SMILES string of the molecule is CC(C)(C)c1ccc(C(=O)NCC2CCCN(c3nccs3)C2)cc1. The molecule has 1 aromatic heterocycles. The summed E-state index contributed by atoms with van der Waals surface area (Å²) in [6, 6.07) is 7.97. The zero-order chi connectivity index (χ0) is 17.9. The Bertz CT molecular complexity index is 689. The first-order valence-electron chi connectivity index (χ1n) is 8.96. The van der Waals surface area contributed by atoms with Crippen LogP contribution in [0.4, 0.5) is 5.13 Å². The molecular weight excluding hydrogens is 330 g/mol. The monoisotopic (exact) mass is 357 g/mol. The van der Waals surface area contributed by atoms with Crippen LogP contribution in [0.3, 0.4) is 0 Å². The van der Waals surface area contributed by atoms with Crippen LogP contribution in [-0.4, -0.2) is 30.5 Å². The molecule has 2 heterocycles. The van der Waals surface area contributed by atoms with E-state index in [2.05, 4.69) is 48.1 Å². The van der Waals surface area contributed by atoms with Crippen LogP contribution < -0.4 is 10.2 Å². The van der Waals surface area contributed by atoms with Crippen molar-refractivity contribution in [1.82, 2.24) is 10.3 Å². The number of nitrogens with zero attached hydrogens (tertiary/aromatic N) is 2. The van der Waals surface area contributed by atoms with Crippen molar-refractivity contribution in [3.8, 4) is 0 Å². The van der Waals surface area contributed by atoms with Crippen LogP contribution in [0.5, 0.6) is 0 Å². The molecule has 2 aromatic rings. The van der Waals surface area contributed by atoms with Gasteiger partial charge in [-0.3, -0.25) is 4.79 Å². The van der Waals surface area contributed by atoms with E-state index >= 15 is 0 Å². The molecule has 1 aliphatic rings. The van der Waals surface area contributed by atoms with Gasteiger partial charge in [-0.2, -0.15) is 0 Å².